The van der Waals surface area contributed by atoms with Crippen molar-refractivity contribution in [2.45, 2.75) is 25.3 Å². The van der Waals surface area contributed by atoms with Gasteiger partial charge in [-0.1, -0.05) is 24.3 Å². The standard InChI is InChI=1S/C21H19FN2O3/c22-15-6-3-5-14(11-15)12-16(23-10-4-9-19(23)25)13-24-20(26)17-7-1-2-8-18(17)21(24)27/h1-3,5-8,11,16H,4,9-10,12-13H2/t16-/m1/s1. The molecule has 0 bridgehead atoms. The van der Waals surface area contributed by atoms with E-state index < -0.39 is 0 Å². The smallest absolute Gasteiger partial charge is 0.261 e. The number of likely N-dealkylation sites (tertiary alicyclic amines) is 1. The van der Waals surface area contributed by atoms with Crippen LogP contribution in [0.25, 0.3) is 0 Å². The third-order valence-electron chi connectivity index (χ3n) is 5.18. The third-order valence-corrected chi connectivity index (χ3v) is 5.18. The minimum atomic E-state index is -0.371. The van der Waals surface area contributed by atoms with Gasteiger partial charge in [0, 0.05) is 13.0 Å². The predicted molar refractivity (Wildman–Crippen MR) is 96.6 cm³/mol. The van der Waals surface area contributed by atoms with Crippen LogP contribution in [0.2, 0.25) is 0 Å². The Hall–Kier alpha value is -3.02. The molecule has 0 N–H and O–H groups in total. The average molecular weight is 366 g/mol. The van der Waals surface area contributed by atoms with Gasteiger partial charge in [-0.2, -0.15) is 0 Å². The van der Waals surface area contributed by atoms with Crippen molar-refractivity contribution in [3.8, 4) is 0 Å². The molecule has 2 heterocycles. The van der Waals surface area contributed by atoms with E-state index in [1.54, 1.807) is 41.3 Å². The Bertz CT molecular complexity index is 892. The molecule has 138 valence electrons. The fourth-order valence-electron chi connectivity index (χ4n) is 3.88. The van der Waals surface area contributed by atoms with E-state index in [2.05, 4.69) is 0 Å². The van der Waals surface area contributed by atoms with Gasteiger partial charge < -0.3 is 4.90 Å². The van der Waals surface area contributed by atoms with Crippen molar-refractivity contribution in [2.24, 2.45) is 0 Å². The number of imide groups is 1. The first-order valence-corrected chi connectivity index (χ1v) is 9.04. The molecule has 2 aromatic carbocycles. The normalized spacial score (nSPS) is 17.6. The molecule has 2 aliphatic heterocycles. The van der Waals surface area contributed by atoms with E-state index in [1.165, 1.54) is 17.0 Å². The van der Waals surface area contributed by atoms with Gasteiger partial charge in [0.25, 0.3) is 11.8 Å². The molecular weight excluding hydrogens is 347 g/mol. The van der Waals surface area contributed by atoms with Crippen LogP contribution in [0.1, 0.15) is 39.1 Å². The maximum Gasteiger partial charge on any atom is 0.261 e. The zero-order chi connectivity index (χ0) is 19.0. The monoisotopic (exact) mass is 366 g/mol. The summed E-state index contributed by atoms with van der Waals surface area (Å²) >= 11 is 0. The summed E-state index contributed by atoms with van der Waals surface area (Å²) < 4.78 is 13.6. The quantitative estimate of drug-likeness (QED) is 0.765. The highest BCUT2D eigenvalue weighted by Gasteiger charge is 2.38. The van der Waals surface area contributed by atoms with Crippen LogP contribution in [-0.4, -0.2) is 46.7 Å². The molecule has 1 saturated heterocycles. The lowest BCUT2D eigenvalue weighted by molar-refractivity contribution is -0.129. The largest absolute Gasteiger partial charge is 0.338 e. The van der Waals surface area contributed by atoms with E-state index >= 15 is 0 Å². The molecule has 1 fully saturated rings. The van der Waals surface area contributed by atoms with E-state index in [0.717, 1.165) is 12.0 Å². The van der Waals surface area contributed by atoms with E-state index in [1.807, 2.05) is 0 Å². The van der Waals surface area contributed by atoms with Gasteiger partial charge in [0.2, 0.25) is 5.91 Å². The topological polar surface area (TPSA) is 57.7 Å². The summed E-state index contributed by atoms with van der Waals surface area (Å²) in [6.45, 7) is 0.691. The lowest BCUT2D eigenvalue weighted by atomic mass is 10.0. The fourth-order valence-corrected chi connectivity index (χ4v) is 3.88. The fraction of sp³-hybridized carbons (Fsp3) is 0.286. The zero-order valence-corrected chi connectivity index (χ0v) is 14.7. The molecule has 0 radical (unpaired) electrons. The lowest BCUT2D eigenvalue weighted by Crippen LogP contribution is -2.47. The van der Waals surface area contributed by atoms with Crippen LogP contribution in [0, 0.1) is 5.82 Å². The molecule has 27 heavy (non-hydrogen) atoms. The summed E-state index contributed by atoms with van der Waals surface area (Å²) in [4.78, 5) is 40.6. The average Bonchev–Trinajstić information content (AvgIpc) is 3.18. The van der Waals surface area contributed by atoms with Crippen LogP contribution in [-0.2, 0) is 11.2 Å². The molecule has 2 aromatic rings. The SMILES string of the molecule is O=C1c2ccccc2C(=O)N1C[C@@H](Cc1cccc(F)c1)N1CCCC1=O. The number of hydrogen-bond acceptors (Lipinski definition) is 3. The van der Waals surface area contributed by atoms with Crippen LogP contribution in [0.4, 0.5) is 4.39 Å². The number of rotatable bonds is 5. The van der Waals surface area contributed by atoms with Crippen LogP contribution in [0.5, 0.6) is 0 Å². The van der Waals surface area contributed by atoms with E-state index in [0.29, 0.717) is 30.5 Å². The molecule has 6 heteroatoms. The number of halogens is 1. The van der Waals surface area contributed by atoms with Crippen LogP contribution in [0.3, 0.4) is 0 Å². The molecule has 3 amide bonds. The molecule has 0 aliphatic carbocycles. The first-order valence-electron chi connectivity index (χ1n) is 9.04. The van der Waals surface area contributed by atoms with Crippen LogP contribution >= 0.6 is 0 Å². The number of carbonyl (C=O) groups is 3. The number of amides is 3. The number of hydrogen-bond donors (Lipinski definition) is 0. The summed E-state index contributed by atoms with van der Waals surface area (Å²) in [5.41, 5.74) is 1.51. The first-order chi connectivity index (χ1) is 13.0. The number of nitrogens with zero attached hydrogens (tertiary/aromatic N) is 2. The zero-order valence-electron chi connectivity index (χ0n) is 14.7. The number of benzene rings is 2. The second kappa shape index (κ2) is 6.95. The van der Waals surface area contributed by atoms with Crippen molar-refractivity contribution in [2.75, 3.05) is 13.1 Å². The Labute approximate surface area is 156 Å². The van der Waals surface area contributed by atoms with Gasteiger partial charge >= 0.3 is 0 Å². The maximum atomic E-state index is 13.6. The van der Waals surface area contributed by atoms with E-state index in [4.69, 9.17) is 0 Å². The highest BCUT2D eigenvalue weighted by molar-refractivity contribution is 6.21. The highest BCUT2D eigenvalue weighted by atomic mass is 19.1. The molecule has 0 spiro atoms. The molecule has 0 unspecified atom stereocenters. The summed E-state index contributed by atoms with van der Waals surface area (Å²) in [5.74, 6) is -1.02. The Kier molecular flexibility index (Phi) is 4.48. The second-order valence-electron chi connectivity index (χ2n) is 6.95. The van der Waals surface area contributed by atoms with Gasteiger partial charge in [-0.15, -0.1) is 0 Å². The first kappa shape index (κ1) is 17.4. The van der Waals surface area contributed by atoms with Gasteiger partial charge in [-0.3, -0.25) is 19.3 Å². The van der Waals surface area contributed by atoms with E-state index in [-0.39, 0.29) is 36.1 Å². The minimum absolute atomic E-state index is 0.00742. The Morgan fingerprint density at radius 1 is 0.963 bits per heavy atom. The van der Waals surface area contributed by atoms with Crippen molar-refractivity contribution >= 4 is 17.7 Å². The molecule has 0 saturated carbocycles. The van der Waals surface area contributed by atoms with Crippen molar-refractivity contribution in [1.29, 1.82) is 0 Å². The molecule has 1 atom stereocenters. The minimum Gasteiger partial charge on any atom is -0.338 e. The summed E-state index contributed by atoms with van der Waals surface area (Å²) in [6, 6.07) is 12.6. The Balaban J connectivity index is 1.61. The Morgan fingerprint density at radius 3 is 2.26 bits per heavy atom. The van der Waals surface area contributed by atoms with Gasteiger partial charge in [-0.05, 0) is 42.7 Å². The maximum absolute atomic E-state index is 13.6. The van der Waals surface area contributed by atoms with E-state index in [9.17, 15) is 18.8 Å². The van der Waals surface area contributed by atoms with Gasteiger partial charge in [0.15, 0.2) is 0 Å². The number of fused-ring (bicyclic) bond motifs is 1. The molecule has 0 aromatic heterocycles. The van der Waals surface area contributed by atoms with Crippen molar-refractivity contribution in [3.05, 3.63) is 71.0 Å². The summed E-state index contributed by atoms with van der Waals surface area (Å²) in [5, 5.41) is 0. The number of carbonyl (C=O) groups excluding carboxylic acids is 3. The van der Waals surface area contributed by atoms with Gasteiger partial charge in [-0.25, -0.2) is 4.39 Å². The highest BCUT2D eigenvalue weighted by Crippen LogP contribution is 2.25. The lowest BCUT2D eigenvalue weighted by Gasteiger charge is -2.31. The third kappa shape index (κ3) is 3.23. The van der Waals surface area contributed by atoms with Crippen LogP contribution < -0.4 is 0 Å². The predicted octanol–water partition coefficient (Wildman–Crippen LogP) is 2.66. The van der Waals surface area contributed by atoms with Gasteiger partial charge in [0.1, 0.15) is 5.82 Å². The van der Waals surface area contributed by atoms with Crippen LogP contribution in [0.15, 0.2) is 48.5 Å². The molecular formula is C21H19FN2O3. The molecule has 2 aliphatic rings. The summed E-state index contributed by atoms with van der Waals surface area (Å²) in [7, 11) is 0. The summed E-state index contributed by atoms with van der Waals surface area (Å²) in [6.07, 6.45) is 1.60. The van der Waals surface area contributed by atoms with Gasteiger partial charge in [0.05, 0.1) is 23.7 Å². The van der Waals surface area contributed by atoms with Crippen molar-refractivity contribution in [1.82, 2.24) is 9.80 Å². The van der Waals surface area contributed by atoms with Crippen molar-refractivity contribution < 1.29 is 18.8 Å². The molecule has 5 nitrogen and oxygen atoms in total. The second-order valence-corrected chi connectivity index (χ2v) is 6.95. The molecule has 4 rings (SSSR count). The van der Waals surface area contributed by atoms with Crippen molar-refractivity contribution in [3.63, 3.8) is 0 Å². The Morgan fingerprint density at radius 2 is 1.67 bits per heavy atom.